The van der Waals surface area contributed by atoms with Crippen LogP contribution in [-0.2, 0) is 12.0 Å². The summed E-state index contributed by atoms with van der Waals surface area (Å²) in [6.07, 6.45) is 4.28. The quantitative estimate of drug-likeness (QED) is 0.853. The highest BCUT2D eigenvalue weighted by Gasteiger charge is 2.37. The first-order valence-corrected chi connectivity index (χ1v) is 6.68. The molecule has 90 valence electrons. The van der Waals surface area contributed by atoms with Crippen LogP contribution < -0.4 is 0 Å². The van der Waals surface area contributed by atoms with Gasteiger partial charge in [-0.2, -0.15) is 5.26 Å². The molecule has 0 amide bonds. The first-order valence-electron chi connectivity index (χ1n) is 5.91. The van der Waals surface area contributed by atoms with Crippen LogP contribution in [0.5, 0.6) is 0 Å². The standard InChI is InChI=1S/C14H12N2OS/c15-9-10-3-4-12-11(8-10)2-1-6-14(12,17)13-5-7-16-18-13/h3-5,7-8,17H,1-2,6H2. The minimum Gasteiger partial charge on any atom is -0.379 e. The number of fused-ring (bicyclic) bond motifs is 1. The molecule has 1 aromatic heterocycles. The second-order valence-electron chi connectivity index (χ2n) is 4.57. The SMILES string of the molecule is N#Cc1ccc2c(c1)CCCC2(O)c1ccns1. The summed E-state index contributed by atoms with van der Waals surface area (Å²) in [4.78, 5) is 0.883. The van der Waals surface area contributed by atoms with Gasteiger partial charge in [-0.3, -0.25) is 0 Å². The van der Waals surface area contributed by atoms with Crippen molar-refractivity contribution in [3.05, 3.63) is 52.0 Å². The molecule has 0 spiro atoms. The van der Waals surface area contributed by atoms with E-state index in [1.54, 1.807) is 12.3 Å². The van der Waals surface area contributed by atoms with E-state index in [1.807, 2.05) is 18.2 Å². The zero-order chi connectivity index (χ0) is 12.6. The van der Waals surface area contributed by atoms with Crippen molar-refractivity contribution in [1.29, 1.82) is 5.26 Å². The Morgan fingerprint density at radius 1 is 1.39 bits per heavy atom. The molecule has 1 aromatic carbocycles. The van der Waals surface area contributed by atoms with Gasteiger partial charge in [0.1, 0.15) is 5.60 Å². The molecular formula is C14H12N2OS. The van der Waals surface area contributed by atoms with E-state index in [2.05, 4.69) is 10.4 Å². The molecule has 1 atom stereocenters. The van der Waals surface area contributed by atoms with E-state index in [1.165, 1.54) is 11.5 Å². The predicted molar refractivity (Wildman–Crippen MR) is 69.2 cm³/mol. The molecule has 1 unspecified atom stereocenters. The fourth-order valence-corrected chi connectivity index (χ4v) is 3.35. The molecule has 3 rings (SSSR count). The molecule has 0 aliphatic heterocycles. The monoisotopic (exact) mass is 256 g/mol. The number of rotatable bonds is 1. The number of hydrogen-bond acceptors (Lipinski definition) is 4. The highest BCUT2D eigenvalue weighted by atomic mass is 32.1. The van der Waals surface area contributed by atoms with E-state index in [0.29, 0.717) is 12.0 Å². The topological polar surface area (TPSA) is 56.9 Å². The van der Waals surface area contributed by atoms with Crippen molar-refractivity contribution >= 4 is 11.5 Å². The largest absolute Gasteiger partial charge is 0.379 e. The Balaban J connectivity index is 2.16. The van der Waals surface area contributed by atoms with Gasteiger partial charge in [-0.1, -0.05) is 6.07 Å². The molecule has 1 heterocycles. The highest BCUT2D eigenvalue weighted by Crippen LogP contribution is 2.41. The highest BCUT2D eigenvalue weighted by molar-refractivity contribution is 7.05. The molecule has 3 nitrogen and oxygen atoms in total. The molecule has 2 aromatic rings. The predicted octanol–water partition coefficient (Wildman–Crippen LogP) is 2.59. The van der Waals surface area contributed by atoms with Crippen molar-refractivity contribution in [2.45, 2.75) is 24.9 Å². The Hall–Kier alpha value is -1.70. The van der Waals surface area contributed by atoms with Crippen molar-refractivity contribution in [2.75, 3.05) is 0 Å². The van der Waals surface area contributed by atoms with Gasteiger partial charge >= 0.3 is 0 Å². The normalized spacial score (nSPS) is 22.2. The smallest absolute Gasteiger partial charge is 0.126 e. The van der Waals surface area contributed by atoms with Gasteiger partial charge in [0.15, 0.2) is 0 Å². The summed E-state index contributed by atoms with van der Waals surface area (Å²) in [5.74, 6) is 0. The molecule has 0 saturated carbocycles. The first-order chi connectivity index (χ1) is 8.74. The minimum atomic E-state index is -0.928. The summed E-state index contributed by atoms with van der Waals surface area (Å²) in [7, 11) is 0. The second-order valence-corrected chi connectivity index (χ2v) is 5.41. The summed E-state index contributed by atoms with van der Waals surface area (Å²) >= 11 is 1.34. The Labute approximate surface area is 109 Å². The van der Waals surface area contributed by atoms with Gasteiger partial charge in [-0.25, -0.2) is 4.37 Å². The summed E-state index contributed by atoms with van der Waals surface area (Å²) in [5, 5.41) is 19.9. The molecule has 0 saturated heterocycles. The van der Waals surface area contributed by atoms with Gasteiger partial charge < -0.3 is 5.11 Å². The summed E-state index contributed by atoms with van der Waals surface area (Å²) < 4.78 is 4.08. The van der Waals surface area contributed by atoms with Gasteiger partial charge in [0.2, 0.25) is 0 Å². The molecule has 1 aliphatic rings. The third-order valence-electron chi connectivity index (χ3n) is 3.51. The second kappa shape index (κ2) is 4.20. The van der Waals surface area contributed by atoms with Crippen LogP contribution in [0.25, 0.3) is 0 Å². The van der Waals surface area contributed by atoms with Crippen LogP contribution in [0, 0.1) is 11.3 Å². The third kappa shape index (κ3) is 1.64. The van der Waals surface area contributed by atoms with E-state index in [4.69, 9.17) is 5.26 Å². The first kappa shape index (κ1) is 11.4. The molecule has 1 aliphatic carbocycles. The molecular weight excluding hydrogens is 244 g/mol. The molecule has 4 heteroatoms. The van der Waals surface area contributed by atoms with Crippen LogP contribution >= 0.6 is 11.5 Å². The van der Waals surface area contributed by atoms with Gasteiger partial charge in [0, 0.05) is 6.20 Å². The van der Waals surface area contributed by atoms with E-state index >= 15 is 0 Å². The summed E-state index contributed by atoms with van der Waals surface area (Å²) in [6, 6.07) is 9.57. The number of aryl methyl sites for hydroxylation is 1. The van der Waals surface area contributed by atoms with E-state index in [9.17, 15) is 5.11 Å². The average Bonchev–Trinajstić information content (AvgIpc) is 2.93. The number of benzene rings is 1. The number of nitriles is 1. The lowest BCUT2D eigenvalue weighted by Crippen LogP contribution is -2.31. The van der Waals surface area contributed by atoms with Crippen LogP contribution in [0.2, 0.25) is 0 Å². The van der Waals surface area contributed by atoms with Gasteiger partial charge in [0.05, 0.1) is 16.5 Å². The molecule has 1 N–H and O–H groups in total. The molecule has 0 bridgehead atoms. The maximum absolute atomic E-state index is 10.9. The van der Waals surface area contributed by atoms with Crippen LogP contribution in [0.15, 0.2) is 30.5 Å². The fraction of sp³-hybridized carbons (Fsp3) is 0.286. The van der Waals surface area contributed by atoms with Crippen molar-refractivity contribution in [1.82, 2.24) is 4.37 Å². The molecule has 0 radical (unpaired) electrons. The Morgan fingerprint density at radius 2 is 2.28 bits per heavy atom. The van der Waals surface area contributed by atoms with Crippen molar-refractivity contribution in [3.8, 4) is 6.07 Å². The fourth-order valence-electron chi connectivity index (χ4n) is 2.63. The zero-order valence-electron chi connectivity index (χ0n) is 9.76. The lowest BCUT2D eigenvalue weighted by atomic mass is 9.78. The summed E-state index contributed by atoms with van der Waals surface area (Å²) in [5.41, 5.74) is 1.73. The van der Waals surface area contributed by atoms with Crippen LogP contribution in [0.1, 0.15) is 34.4 Å². The number of aromatic nitrogens is 1. The third-order valence-corrected chi connectivity index (χ3v) is 4.41. The molecule has 0 fully saturated rings. The number of aliphatic hydroxyl groups is 1. The van der Waals surface area contributed by atoms with E-state index in [-0.39, 0.29) is 0 Å². The van der Waals surface area contributed by atoms with Crippen molar-refractivity contribution in [2.24, 2.45) is 0 Å². The number of nitrogens with zero attached hydrogens (tertiary/aromatic N) is 2. The van der Waals surface area contributed by atoms with E-state index < -0.39 is 5.60 Å². The van der Waals surface area contributed by atoms with Gasteiger partial charge in [-0.05, 0) is 60.1 Å². The van der Waals surface area contributed by atoms with E-state index in [0.717, 1.165) is 28.8 Å². The summed E-state index contributed by atoms with van der Waals surface area (Å²) in [6.45, 7) is 0. The Morgan fingerprint density at radius 3 is 3.00 bits per heavy atom. The van der Waals surface area contributed by atoms with Gasteiger partial charge in [0.25, 0.3) is 0 Å². The van der Waals surface area contributed by atoms with Crippen LogP contribution in [-0.4, -0.2) is 9.48 Å². The maximum atomic E-state index is 10.9. The van der Waals surface area contributed by atoms with Crippen LogP contribution in [0.4, 0.5) is 0 Å². The average molecular weight is 256 g/mol. The zero-order valence-corrected chi connectivity index (χ0v) is 10.6. The van der Waals surface area contributed by atoms with Crippen LogP contribution in [0.3, 0.4) is 0 Å². The lowest BCUT2D eigenvalue weighted by molar-refractivity contribution is 0.0653. The minimum absolute atomic E-state index is 0.655. The molecule has 18 heavy (non-hydrogen) atoms. The number of hydrogen-bond donors (Lipinski definition) is 1. The Kier molecular flexibility index (Phi) is 2.66. The lowest BCUT2D eigenvalue weighted by Gasteiger charge is -2.33. The van der Waals surface area contributed by atoms with Crippen molar-refractivity contribution < 1.29 is 5.11 Å². The Bertz CT molecular complexity index is 615. The van der Waals surface area contributed by atoms with Crippen molar-refractivity contribution in [3.63, 3.8) is 0 Å². The van der Waals surface area contributed by atoms with Gasteiger partial charge in [-0.15, -0.1) is 0 Å². The maximum Gasteiger partial charge on any atom is 0.126 e.